The van der Waals surface area contributed by atoms with Gasteiger partial charge in [0.25, 0.3) is 0 Å². The van der Waals surface area contributed by atoms with Crippen molar-refractivity contribution in [2.24, 2.45) is 0 Å². The predicted molar refractivity (Wildman–Crippen MR) is 108 cm³/mol. The topological polar surface area (TPSA) is 35.6 Å². The van der Waals surface area contributed by atoms with E-state index < -0.39 is 0 Å². The highest BCUT2D eigenvalue weighted by Crippen LogP contribution is 2.19. The molecule has 144 valence electrons. The van der Waals surface area contributed by atoms with Gasteiger partial charge in [-0.05, 0) is 56.2 Å². The number of hydrogen-bond acceptors (Lipinski definition) is 3. The summed E-state index contributed by atoms with van der Waals surface area (Å²) in [6.45, 7) is 9.91. The quantitative estimate of drug-likeness (QED) is 0.877. The van der Waals surface area contributed by atoms with Crippen LogP contribution in [0.25, 0.3) is 0 Å². The molecule has 1 aliphatic rings. The third kappa shape index (κ3) is 5.07. The molecule has 1 amide bonds. The molecule has 0 aromatic heterocycles. The summed E-state index contributed by atoms with van der Waals surface area (Å²) in [5.41, 5.74) is 4.60. The molecule has 1 heterocycles. The number of anilines is 1. The molecule has 0 saturated carbocycles. The molecule has 4 nitrogen and oxygen atoms in total. The van der Waals surface area contributed by atoms with Crippen LogP contribution in [-0.4, -0.2) is 43.5 Å². The van der Waals surface area contributed by atoms with E-state index in [1.54, 1.807) is 0 Å². The number of amides is 1. The van der Waals surface area contributed by atoms with Crippen LogP contribution in [0.15, 0.2) is 42.5 Å². The van der Waals surface area contributed by atoms with Gasteiger partial charge in [0, 0.05) is 31.9 Å². The fourth-order valence-corrected chi connectivity index (χ4v) is 3.61. The number of halogens is 1. The Morgan fingerprint density at radius 1 is 1.07 bits per heavy atom. The summed E-state index contributed by atoms with van der Waals surface area (Å²) in [7, 11) is 0. The highest BCUT2D eigenvalue weighted by Gasteiger charge is 2.20. The number of rotatable bonds is 5. The third-order valence-corrected chi connectivity index (χ3v) is 5.21. The van der Waals surface area contributed by atoms with Crippen molar-refractivity contribution in [2.45, 2.75) is 26.8 Å². The first-order chi connectivity index (χ1) is 12.9. The molecule has 2 aromatic carbocycles. The monoisotopic (exact) mass is 369 g/mol. The minimum absolute atomic E-state index is 0.00194. The average Bonchev–Trinajstić information content (AvgIpc) is 2.65. The van der Waals surface area contributed by atoms with Crippen molar-refractivity contribution < 1.29 is 9.18 Å². The van der Waals surface area contributed by atoms with Gasteiger partial charge in [0.1, 0.15) is 5.82 Å². The van der Waals surface area contributed by atoms with Gasteiger partial charge in [0.05, 0.1) is 12.6 Å². The first-order valence-electron chi connectivity index (χ1n) is 9.52. The van der Waals surface area contributed by atoms with Crippen molar-refractivity contribution in [3.8, 4) is 0 Å². The van der Waals surface area contributed by atoms with Crippen LogP contribution in [0, 0.1) is 19.7 Å². The maximum absolute atomic E-state index is 13.1. The maximum Gasteiger partial charge on any atom is 0.234 e. The summed E-state index contributed by atoms with van der Waals surface area (Å²) in [5.74, 6) is -0.161. The standard InChI is InChI=1S/C22H28FN3O/c1-16-4-5-17(2)21(14-16)18(3)24-22(27)15-25-10-12-26(13-11-25)20-8-6-19(23)7-9-20/h4-9,14,18H,10-13,15H2,1-3H3,(H,24,27)/t18-/m1/s1. The van der Waals surface area contributed by atoms with Crippen molar-refractivity contribution in [1.29, 1.82) is 0 Å². The number of piperazine rings is 1. The lowest BCUT2D eigenvalue weighted by atomic mass is 10.00. The first-order valence-corrected chi connectivity index (χ1v) is 9.52. The molecule has 0 unspecified atom stereocenters. The molecule has 0 bridgehead atoms. The van der Waals surface area contributed by atoms with Crippen LogP contribution in [0.5, 0.6) is 0 Å². The van der Waals surface area contributed by atoms with Gasteiger partial charge in [0.15, 0.2) is 0 Å². The Morgan fingerprint density at radius 2 is 1.74 bits per heavy atom. The van der Waals surface area contributed by atoms with E-state index in [2.05, 4.69) is 47.2 Å². The van der Waals surface area contributed by atoms with Crippen LogP contribution < -0.4 is 10.2 Å². The van der Waals surface area contributed by atoms with E-state index in [0.29, 0.717) is 6.54 Å². The van der Waals surface area contributed by atoms with Gasteiger partial charge in [-0.2, -0.15) is 0 Å². The second-order valence-electron chi connectivity index (χ2n) is 7.39. The van der Waals surface area contributed by atoms with E-state index in [1.807, 2.05) is 19.1 Å². The number of benzene rings is 2. The van der Waals surface area contributed by atoms with Crippen molar-refractivity contribution in [2.75, 3.05) is 37.6 Å². The first kappa shape index (κ1) is 19.4. The summed E-state index contributed by atoms with van der Waals surface area (Å²) in [6, 6.07) is 12.9. The average molecular weight is 369 g/mol. The fourth-order valence-electron chi connectivity index (χ4n) is 3.61. The van der Waals surface area contributed by atoms with Gasteiger partial charge >= 0.3 is 0 Å². The summed E-state index contributed by atoms with van der Waals surface area (Å²) < 4.78 is 13.1. The Hall–Kier alpha value is -2.40. The third-order valence-electron chi connectivity index (χ3n) is 5.21. The number of hydrogen-bond donors (Lipinski definition) is 1. The second-order valence-corrected chi connectivity index (χ2v) is 7.39. The number of carbonyl (C=O) groups excluding carboxylic acids is 1. The Kier molecular flexibility index (Phi) is 6.11. The molecule has 1 atom stereocenters. The van der Waals surface area contributed by atoms with E-state index in [0.717, 1.165) is 31.9 Å². The van der Waals surface area contributed by atoms with Gasteiger partial charge in [-0.3, -0.25) is 9.69 Å². The molecular weight excluding hydrogens is 341 g/mol. The minimum atomic E-state index is -0.216. The Labute approximate surface area is 161 Å². The van der Waals surface area contributed by atoms with Crippen LogP contribution in [0.2, 0.25) is 0 Å². The number of carbonyl (C=O) groups is 1. The molecule has 1 aliphatic heterocycles. The Morgan fingerprint density at radius 3 is 2.41 bits per heavy atom. The minimum Gasteiger partial charge on any atom is -0.369 e. The van der Waals surface area contributed by atoms with Crippen LogP contribution in [0.1, 0.15) is 29.7 Å². The molecule has 27 heavy (non-hydrogen) atoms. The van der Waals surface area contributed by atoms with E-state index in [4.69, 9.17) is 0 Å². The van der Waals surface area contributed by atoms with Crippen molar-refractivity contribution in [3.63, 3.8) is 0 Å². The van der Waals surface area contributed by atoms with Crippen LogP contribution in [0.4, 0.5) is 10.1 Å². The van der Waals surface area contributed by atoms with Crippen molar-refractivity contribution in [3.05, 3.63) is 65.0 Å². The normalized spacial score (nSPS) is 16.2. The summed E-state index contributed by atoms with van der Waals surface area (Å²) in [4.78, 5) is 16.9. The summed E-state index contributed by atoms with van der Waals surface area (Å²) in [6.07, 6.45) is 0. The number of aryl methyl sites for hydroxylation is 2. The van der Waals surface area contributed by atoms with Gasteiger partial charge in [-0.15, -0.1) is 0 Å². The zero-order valence-electron chi connectivity index (χ0n) is 16.3. The van der Waals surface area contributed by atoms with Crippen LogP contribution in [-0.2, 0) is 4.79 Å². The predicted octanol–water partition coefficient (Wildman–Crippen LogP) is 3.44. The Bertz CT molecular complexity index is 783. The summed E-state index contributed by atoms with van der Waals surface area (Å²) >= 11 is 0. The van der Waals surface area contributed by atoms with E-state index in [9.17, 15) is 9.18 Å². The molecule has 3 rings (SSSR count). The molecule has 0 radical (unpaired) electrons. The lowest BCUT2D eigenvalue weighted by Crippen LogP contribution is -2.49. The van der Waals surface area contributed by atoms with Crippen LogP contribution in [0.3, 0.4) is 0 Å². The zero-order chi connectivity index (χ0) is 19.4. The molecule has 2 aromatic rings. The molecular formula is C22H28FN3O. The van der Waals surface area contributed by atoms with E-state index >= 15 is 0 Å². The second kappa shape index (κ2) is 8.53. The van der Waals surface area contributed by atoms with Gasteiger partial charge < -0.3 is 10.2 Å². The zero-order valence-corrected chi connectivity index (χ0v) is 16.3. The SMILES string of the molecule is Cc1ccc(C)c([C@@H](C)NC(=O)CN2CCN(c3ccc(F)cc3)CC2)c1. The maximum atomic E-state index is 13.1. The molecule has 1 fully saturated rings. The smallest absolute Gasteiger partial charge is 0.234 e. The van der Waals surface area contributed by atoms with E-state index in [1.165, 1.54) is 28.8 Å². The summed E-state index contributed by atoms with van der Waals surface area (Å²) in [5, 5.41) is 3.12. The highest BCUT2D eigenvalue weighted by atomic mass is 19.1. The van der Waals surface area contributed by atoms with Gasteiger partial charge in [-0.25, -0.2) is 4.39 Å². The Balaban J connectivity index is 1.49. The molecule has 1 saturated heterocycles. The lowest BCUT2D eigenvalue weighted by Gasteiger charge is -2.35. The lowest BCUT2D eigenvalue weighted by molar-refractivity contribution is -0.123. The molecule has 0 aliphatic carbocycles. The van der Waals surface area contributed by atoms with Crippen molar-refractivity contribution >= 4 is 11.6 Å². The largest absolute Gasteiger partial charge is 0.369 e. The molecule has 1 N–H and O–H groups in total. The van der Waals surface area contributed by atoms with E-state index in [-0.39, 0.29) is 17.8 Å². The highest BCUT2D eigenvalue weighted by molar-refractivity contribution is 5.78. The molecule has 5 heteroatoms. The number of nitrogens with one attached hydrogen (secondary N) is 1. The van der Waals surface area contributed by atoms with Crippen LogP contribution >= 0.6 is 0 Å². The van der Waals surface area contributed by atoms with Crippen molar-refractivity contribution in [1.82, 2.24) is 10.2 Å². The molecule has 0 spiro atoms. The van der Waals surface area contributed by atoms with Gasteiger partial charge in [-0.1, -0.05) is 23.8 Å². The van der Waals surface area contributed by atoms with Gasteiger partial charge in [0.2, 0.25) is 5.91 Å². The number of nitrogens with zero attached hydrogens (tertiary/aromatic N) is 2. The fraction of sp³-hybridized carbons (Fsp3) is 0.409.